The van der Waals surface area contributed by atoms with Crippen molar-refractivity contribution in [3.05, 3.63) is 33.9 Å². The number of anilines is 1. The maximum Gasteiger partial charge on any atom is 0.142 e. The molecule has 1 aromatic rings. The van der Waals surface area contributed by atoms with Crippen molar-refractivity contribution in [3.63, 3.8) is 0 Å². The molecule has 0 unspecified atom stereocenters. The molecule has 0 radical (unpaired) electrons. The van der Waals surface area contributed by atoms with Crippen molar-refractivity contribution >= 4 is 37.7 Å². The summed E-state index contributed by atoms with van der Waals surface area (Å²) in [6, 6.07) is 1.97. The van der Waals surface area contributed by atoms with Gasteiger partial charge in [0.1, 0.15) is 5.82 Å². The number of aromatic nitrogens is 1. The highest BCUT2D eigenvalue weighted by Crippen LogP contribution is 2.25. The molecule has 0 N–H and O–H groups in total. The van der Waals surface area contributed by atoms with Gasteiger partial charge in [-0.15, -0.1) is 6.58 Å². The van der Waals surface area contributed by atoms with Crippen molar-refractivity contribution in [1.82, 2.24) is 4.98 Å². The smallest absolute Gasteiger partial charge is 0.142 e. The van der Waals surface area contributed by atoms with E-state index in [0.717, 1.165) is 21.3 Å². The van der Waals surface area contributed by atoms with Crippen molar-refractivity contribution < 1.29 is 0 Å². The fraction of sp³-hybridized carbons (Fsp3) is 0.222. The lowest BCUT2D eigenvalue weighted by Gasteiger charge is -2.17. The maximum absolute atomic E-state index is 4.28. The lowest BCUT2D eigenvalue weighted by molar-refractivity contribution is 0.984. The van der Waals surface area contributed by atoms with Gasteiger partial charge in [0.15, 0.2) is 0 Å². The molecular formula is C9H10Br2N2. The molecule has 0 bridgehead atoms. The van der Waals surface area contributed by atoms with Gasteiger partial charge in [-0.05, 0) is 37.9 Å². The average Bonchev–Trinajstić information content (AvgIpc) is 2.04. The van der Waals surface area contributed by atoms with E-state index < -0.39 is 0 Å². The van der Waals surface area contributed by atoms with E-state index in [4.69, 9.17) is 0 Å². The molecule has 1 heterocycles. The molecule has 0 aliphatic carbocycles. The first-order chi connectivity index (χ1) is 6.15. The Kier molecular flexibility index (Phi) is 3.93. The van der Waals surface area contributed by atoms with Crippen LogP contribution in [0.3, 0.4) is 0 Å². The molecular weight excluding hydrogens is 296 g/mol. The minimum atomic E-state index is 0.785. The van der Waals surface area contributed by atoms with Gasteiger partial charge in [-0.25, -0.2) is 4.98 Å². The molecule has 0 saturated heterocycles. The summed E-state index contributed by atoms with van der Waals surface area (Å²) in [5, 5.41) is 0. The summed E-state index contributed by atoms with van der Waals surface area (Å²) in [6.45, 7) is 4.46. The second-order valence-corrected chi connectivity index (χ2v) is 4.40. The summed E-state index contributed by atoms with van der Waals surface area (Å²) >= 11 is 6.80. The summed E-state index contributed by atoms with van der Waals surface area (Å²) in [4.78, 5) is 6.30. The fourth-order valence-electron chi connectivity index (χ4n) is 0.968. The molecule has 2 nitrogen and oxygen atoms in total. The zero-order valence-electron chi connectivity index (χ0n) is 7.30. The fourth-order valence-corrected chi connectivity index (χ4v) is 2.26. The maximum atomic E-state index is 4.28. The summed E-state index contributed by atoms with van der Waals surface area (Å²) in [5.74, 6) is 0.920. The Labute approximate surface area is 94.9 Å². The van der Waals surface area contributed by atoms with E-state index >= 15 is 0 Å². The van der Waals surface area contributed by atoms with Crippen molar-refractivity contribution in [1.29, 1.82) is 0 Å². The number of halogens is 2. The van der Waals surface area contributed by atoms with Crippen LogP contribution >= 0.6 is 31.9 Å². The van der Waals surface area contributed by atoms with Crippen LogP contribution in [0.1, 0.15) is 0 Å². The second-order valence-electron chi connectivity index (χ2n) is 2.63. The van der Waals surface area contributed by atoms with E-state index in [0.29, 0.717) is 0 Å². The largest absolute Gasteiger partial charge is 0.355 e. The molecule has 0 saturated carbocycles. The van der Waals surface area contributed by atoms with Gasteiger partial charge < -0.3 is 4.90 Å². The first-order valence-corrected chi connectivity index (χ1v) is 5.37. The SMILES string of the molecule is C=CCN(C)c1ncc(Br)cc1Br. The molecule has 1 aromatic heterocycles. The lowest BCUT2D eigenvalue weighted by atomic mass is 10.4. The molecule has 0 atom stereocenters. The molecule has 0 aliphatic rings. The Hall–Kier alpha value is -0.350. The zero-order valence-corrected chi connectivity index (χ0v) is 10.5. The van der Waals surface area contributed by atoms with Gasteiger partial charge in [0.2, 0.25) is 0 Å². The Morgan fingerprint density at radius 3 is 2.85 bits per heavy atom. The standard InChI is InChI=1S/C9H10Br2N2/c1-3-4-13(2)9-8(11)5-7(10)6-12-9/h3,5-6H,1,4H2,2H3. The number of hydrogen-bond donors (Lipinski definition) is 0. The summed E-state index contributed by atoms with van der Waals surface area (Å²) in [5.41, 5.74) is 0. The minimum Gasteiger partial charge on any atom is -0.355 e. The van der Waals surface area contributed by atoms with Crippen LogP contribution in [0, 0.1) is 0 Å². The Balaban J connectivity index is 2.94. The van der Waals surface area contributed by atoms with Gasteiger partial charge in [0.25, 0.3) is 0 Å². The summed E-state index contributed by atoms with van der Waals surface area (Å²) in [6.07, 6.45) is 3.62. The van der Waals surface area contributed by atoms with Crippen molar-refractivity contribution in [3.8, 4) is 0 Å². The minimum absolute atomic E-state index is 0.785. The van der Waals surface area contributed by atoms with E-state index in [1.54, 1.807) is 6.20 Å². The van der Waals surface area contributed by atoms with Gasteiger partial charge in [-0.1, -0.05) is 6.08 Å². The molecule has 1 rings (SSSR count). The molecule has 0 fully saturated rings. The van der Waals surface area contributed by atoms with Crippen LogP contribution < -0.4 is 4.90 Å². The van der Waals surface area contributed by atoms with Crippen LogP contribution in [0.25, 0.3) is 0 Å². The van der Waals surface area contributed by atoms with Crippen LogP contribution in [0.15, 0.2) is 33.9 Å². The number of hydrogen-bond acceptors (Lipinski definition) is 2. The third kappa shape index (κ3) is 2.81. The average molecular weight is 306 g/mol. The number of rotatable bonds is 3. The van der Waals surface area contributed by atoms with E-state index in [1.807, 2.05) is 24.1 Å². The van der Waals surface area contributed by atoms with Gasteiger partial charge in [-0.3, -0.25) is 0 Å². The van der Waals surface area contributed by atoms with E-state index in [9.17, 15) is 0 Å². The van der Waals surface area contributed by atoms with E-state index in [2.05, 4.69) is 43.4 Å². The second kappa shape index (κ2) is 4.77. The van der Waals surface area contributed by atoms with Crippen molar-refractivity contribution in [2.75, 3.05) is 18.5 Å². The first kappa shape index (κ1) is 10.7. The normalized spacial score (nSPS) is 9.77. The highest BCUT2D eigenvalue weighted by atomic mass is 79.9. The van der Waals surface area contributed by atoms with Gasteiger partial charge >= 0.3 is 0 Å². The molecule has 4 heteroatoms. The number of pyridine rings is 1. The van der Waals surface area contributed by atoms with Crippen LogP contribution in [0.4, 0.5) is 5.82 Å². The monoisotopic (exact) mass is 304 g/mol. The molecule has 0 aliphatic heterocycles. The summed E-state index contributed by atoms with van der Waals surface area (Å²) < 4.78 is 1.95. The van der Waals surface area contributed by atoms with Crippen LogP contribution in [0.2, 0.25) is 0 Å². The van der Waals surface area contributed by atoms with Crippen molar-refractivity contribution in [2.24, 2.45) is 0 Å². The van der Waals surface area contributed by atoms with Crippen molar-refractivity contribution in [2.45, 2.75) is 0 Å². The number of likely N-dealkylation sites (N-methyl/N-ethyl adjacent to an activating group) is 1. The quantitative estimate of drug-likeness (QED) is 0.797. The highest BCUT2D eigenvalue weighted by molar-refractivity contribution is 9.11. The molecule has 0 spiro atoms. The van der Waals surface area contributed by atoms with Crippen LogP contribution in [-0.4, -0.2) is 18.6 Å². The Morgan fingerprint density at radius 1 is 1.62 bits per heavy atom. The van der Waals surface area contributed by atoms with Crippen LogP contribution in [-0.2, 0) is 0 Å². The predicted octanol–water partition coefficient (Wildman–Crippen LogP) is 3.23. The molecule has 70 valence electrons. The van der Waals surface area contributed by atoms with E-state index in [-0.39, 0.29) is 0 Å². The topological polar surface area (TPSA) is 16.1 Å². The molecule has 13 heavy (non-hydrogen) atoms. The van der Waals surface area contributed by atoms with Gasteiger partial charge in [0.05, 0.1) is 4.47 Å². The summed E-state index contributed by atoms with van der Waals surface area (Å²) in [7, 11) is 1.97. The first-order valence-electron chi connectivity index (χ1n) is 3.78. The Morgan fingerprint density at radius 2 is 2.31 bits per heavy atom. The molecule has 0 amide bonds. The zero-order chi connectivity index (χ0) is 9.84. The lowest BCUT2D eigenvalue weighted by Crippen LogP contribution is -2.18. The molecule has 0 aromatic carbocycles. The number of nitrogens with zero attached hydrogens (tertiary/aromatic N) is 2. The third-order valence-corrected chi connectivity index (χ3v) is 2.57. The highest BCUT2D eigenvalue weighted by Gasteiger charge is 2.05. The van der Waals surface area contributed by atoms with Gasteiger partial charge in [0, 0.05) is 24.3 Å². The third-order valence-electron chi connectivity index (χ3n) is 1.55. The Bertz CT molecular complexity index is 312. The predicted molar refractivity (Wildman–Crippen MR) is 63.1 cm³/mol. The van der Waals surface area contributed by atoms with Crippen LogP contribution in [0.5, 0.6) is 0 Å². The van der Waals surface area contributed by atoms with E-state index in [1.165, 1.54) is 0 Å². The van der Waals surface area contributed by atoms with Gasteiger partial charge in [-0.2, -0.15) is 0 Å².